The Hall–Kier alpha value is -0.900. The maximum absolute atomic E-state index is 9.49. The van der Waals surface area contributed by atoms with E-state index >= 15 is 0 Å². The molecule has 1 aliphatic heterocycles. The summed E-state index contributed by atoms with van der Waals surface area (Å²) in [5.41, 5.74) is 2.27. The third-order valence-corrected chi connectivity index (χ3v) is 12.8. The second kappa shape index (κ2) is 10.3. The van der Waals surface area contributed by atoms with Gasteiger partial charge in [0.25, 0.3) is 0 Å². The molecular formula is C34H52O3. The van der Waals surface area contributed by atoms with Crippen LogP contribution in [-0.2, 0) is 16.1 Å². The van der Waals surface area contributed by atoms with Gasteiger partial charge in [-0.15, -0.1) is 0 Å². The van der Waals surface area contributed by atoms with E-state index in [0.29, 0.717) is 47.6 Å². The largest absolute Gasteiger partial charge is 0.396 e. The van der Waals surface area contributed by atoms with Crippen molar-refractivity contribution in [3.63, 3.8) is 0 Å². The molecule has 5 fully saturated rings. The lowest BCUT2D eigenvalue weighted by Gasteiger charge is -2.61. The number of fused-ring (bicyclic) bond motifs is 7. The molecule has 0 radical (unpaired) electrons. The summed E-state index contributed by atoms with van der Waals surface area (Å²) in [5.74, 6) is 5.27. The molecule has 0 aromatic heterocycles. The molecule has 0 bridgehead atoms. The number of aliphatic hydroxyl groups excluding tert-OH is 1. The Balaban J connectivity index is 1.10. The van der Waals surface area contributed by atoms with Crippen molar-refractivity contribution in [3.05, 3.63) is 35.9 Å². The molecule has 4 saturated carbocycles. The summed E-state index contributed by atoms with van der Waals surface area (Å²) < 4.78 is 13.3. The smallest absolute Gasteiger partial charge is 0.0720 e. The van der Waals surface area contributed by atoms with Gasteiger partial charge in [-0.1, -0.05) is 58.0 Å². The van der Waals surface area contributed by atoms with Gasteiger partial charge in [-0.3, -0.25) is 0 Å². The zero-order valence-electron chi connectivity index (χ0n) is 23.9. The fourth-order valence-electron chi connectivity index (χ4n) is 10.7. The van der Waals surface area contributed by atoms with E-state index in [4.69, 9.17) is 9.47 Å². The lowest BCUT2D eigenvalue weighted by Crippen LogP contribution is -2.54. The highest BCUT2D eigenvalue weighted by atomic mass is 16.5. The molecule has 0 unspecified atom stereocenters. The minimum atomic E-state index is 0.302. The molecule has 37 heavy (non-hydrogen) atoms. The van der Waals surface area contributed by atoms with Gasteiger partial charge < -0.3 is 14.6 Å². The van der Waals surface area contributed by atoms with Crippen LogP contribution < -0.4 is 0 Å². The molecule has 1 aromatic carbocycles. The quantitative estimate of drug-likeness (QED) is 0.411. The number of hydrogen-bond acceptors (Lipinski definition) is 3. The summed E-state index contributed by atoms with van der Waals surface area (Å²) in [6.07, 6.45) is 14.4. The van der Waals surface area contributed by atoms with Crippen molar-refractivity contribution in [1.82, 2.24) is 0 Å². The van der Waals surface area contributed by atoms with Crippen LogP contribution in [0.5, 0.6) is 0 Å². The van der Waals surface area contributed by atoms with E-state index in [9.17, 15) is 5.11 Å². The minimum Gasteiger partial charge on any atom is -0.396 e. The van der Waals surface area contributed by atoms with Gasteiger partial charge in [-0.25, -0.2) is 0 Å². The van der Waals surface area contributed by atoms with Crippen molar-refractivity contribution in [2.75, 3.05) is 6.61 Å². The van der Waals surface area contributed by atoms with E-state index in [0.717, 1.165) is 49.0 Å². The number of rotatable bonds is 7. The number of benzene rings is 1. The summed E-state index contributed by atoms with van der Waals surface area (Å²) in [6.45, 7) is 11.1. The molecule has 206 valence electrons. The summed E-state index contributed by atoms with van der Waals surface area (Å²) in [7, 11) is 0. The van der Waals surface area contributed by atoms with Crippen molar-refractivity contribution in [3.8, 4) is 0 Å². The Labute approximate surface area is 226 Å². The zero-order valence-corrected chi connectivity index (χ0v) is 23.9. The normalized spacial score (nSPS) is 47.5. The van der Waals surface area contributed by atoms with Crippen molar-refractivity contribution in [2.24, 2.45) is 52.3 Å². The summed E-state index contributed by atoms with van der Waals surface area (Å²) in [4.78, 5) is 0. The average molecular weight is 509 g/mol. The fourth-order valence-corrected chi connectivity index (χ4v) is 10.7. The van der Waals surface area contributed by atoms with Crippen molar-refractivity contribution in [1.29, 1.82) is 0 Å². The van der Waals surface area contributed by atoms with E-state index in [1.54, 1.807) is 0 Å². The van der Waals surface area contributed by atoms with Crippen LogP contribution in [0.1, 0.15) is 97.5 Å². The zero-order chi connectivity index (χ0) is 25.8. The van der Waals surface area contributed by atoms with Crippen LogP contribution in [-0.4, -0.2) is 30.0 Å². The lowest BCUT2D eigenvalue weighted by molar-refractivity contribution is -0.139. The molecule has 12 atom stereocenters. The molecule has 0 spiro atoms. The monoisotopic (exact) mass is 508 g/mol. The molecule has 1 aromatic rings. The Bertz CT molecular complexity index is 917. The number of ether oxygens (including phenoxy) is 2. The van der Waals surface area contributed by atoms with Gasteiger partial charge in [0.1, 0.15) is 0 Å². The molecule has 1 saturated heterocycles. The highest BCUT2D eigenvalue weighted by Crippen LogP contribution is 2.70. The molecule has 4 aliphatic carbocycles. The standard InChI is InChI=1S/C34H52O3/c1-22(20-35)10-13-30-23(2)32-31(37-30)19-29-27-12-11-25-18-26(36-21-24-8-6-5-7-9-24)14-16-33(25,3)28(27)15-17-34(29,32)4/h5-9,22-23,25-32,35H,10-21H2,1-4H3/t22-,23+,25+,26-,27+,28-,29-,30+,31-,32-,33-,34-/m0/s1. The van der Waals surface area contributed by atoms with Crippen LogP contribution >= 0.6 is 0 Å². The SMILES string of the molecule is C[C@H](CO)CC[C@H]1O[C@H]2C[C@H]3[C@@H]4CC[C@@H]5C[C@@H](OCc6ccccc6)CC[C@]5(C)[C@H]4CC[C@]3(C)[C@H]2[C@@H]1C. The van der Waals surface area contributed by atoms with Gasteiger partial charge in [0, 0.05) is 6.61 Å². The first-order chi connectivity index (χ1) is 17.8. The van der Waals surface area contributed by atoms with Gasteiger partial charge in [-0.2, -0.15) is 0 Å². The maximum Gasteiger partial charge on any atom is 0.0720 e. The van der Waals surface area contributed by atoms with Crippen LogP contribution in [0.15, 0.2) is 30.3 Å². The Morgan fingerprint density at radius 2 is 1.78 bits per heavy atom. The van der Waals surface area contributed by atoms with E-state index in [2.05, 4.69) is 58.0 Å². The summed E-state index contributed by atoms with van der Waals surface area (Å²) in [5, 5.41) is 9.49. The van der Waals surface area contributed by atoms with Crippen molar-refractivity contribution >= 4 is 0 Å². The summed E-state index contributed by atoms with van der Waals surface area (Å²) >= 11 is 0. The second-order valence-electron chi connectivity index (χ2n) is 14.6. The Morgan fingerprint density at radius 3 is 2.57 bits per heavy atom. The molecular weight excluding hydrogens is 456 g/mol. The highest BCUT2D eigenvalue weighted by molar-refractivity contribution is 5.15. The van der Waals surface area contributed by atoms with Crippen LogP contribution in [0.3, 0.4) is 0 Å². The van der Waals surface area contributed by atoms with Gasteiger partial charge >= 0.3 is 0 Å². The molecule has 3 heteroatoms. The first-order valence-corrected chi connectivity index (χ1v) is 15.8. The summed E-state index contributed by atoms with van der Waals surface area (Å²) in [6, 6.07) is 10.7. The van der Waals surface area contributed by atoms with Crippen LogP contribution in [0.2, 0.25) is 0 Å². The first-order valence-electron chi connectivity index (χ1n) is 15.8. The molecule has 6 rings (SSSR count). The van der Waals surface area contributed by atoms with Crippen molar-refractivity contribution in [2.45, 2.75) is 117 Å². The van der Waals surface area contributed by atoms with E-state index < -0.39 is 0 Å². The molecule has 1 N–H and O–H groups in total. The Kier molecular flexibility index (Phi) is 7.29. The van der Waals surface area contributed by atoms with E-state index in [1.807, 2.05) is 0 Å². The average Bonchev–Trinajstić information content (AvgIpc) is 3.39. The third-order valence-electron chi connectivity index (χ3n) is 12.8. The molecule has 3 nitrogen and oxygen atoms in total. The molecule has 1 heterocycles. The predicted molar refractivity (Wildman–Crippen MR) is 149 cm³/mol. The first kappa shape index (κ1) is 26.3. The molecule has 5 aliphatic rings. The molecule has 0 amide bonds. The van der Waals surface area contributed by atoms with E-state index in [1.165, 1.54) is 56.9 Å². The van der Waals surface area contributed by atoms with Crippen LogP contribution in [0.25, 0.3) is 0 Å². The number of aliphatic hydroxyl groups is 1. The highest BCUT2D eigenvalue weighted by Gasteiger charge is 2.65. The van der Waals surface area contributed by atoms with Gasteiger partial charge in [0.2, 0.25) is 0 Å². The second-order valence-corrected chi connectivity index (χ2v) is 14.6. The van der Waals surface area contributed by atoms with Crippen molar-refractivity contribution < 1.29 is 14.6 Å². The minimum absolute atomic E-state index is 0.302. The van der Waals surface area contributed by atoms with E-state index in [-0.39, 0.29) is 0 Å². The van der Waals surface area contributed by atoms with Gasteiger partial charge in [-0.05, 0) is 122 Å². The third kappa shape index (κ3) is 4.53. The number of hydrogen-bond donors (Lipinski definition) is 1. The topological polar surface area (TPSA) is 38.7 Å². The predicted octanol–water partition coefficient (Wildman–Crippen LogP) is 7.65. The lowest BCUT2D eigenvalue weighted by atomic mass is 9.44. The van der Waals surface area contributed by atoms with Gasteiger partial charge in [0.15, 0.2) is 0 Å². The fraction of sp³-hybridized carbons (Fsp3) is 0.824. The van der Waals surface area contributed by atoms with Gasteiger partial charge in [0.05, 0.1) is 24.9 Å². The van der Waals surface area contributed by atoms with Crippen LogP contribution in [0.4, 0.5) is 0 Å². The van der Waals surface area contributed by atoms with Crippen LogP contribution in [0, 0.1) is 52.3 Å². The maximum atomic E-state index is 9.49. The Morgan fingerprint density at radius 1 is 1.00 bits per heavy atom.